The van der Waals surface area contributed by atoms with E-state index in [-0.39, 0.29) is 27.7 Å². The van der Waals surface area contributed by atoms with Crippen LogP contribution < -0.4 is 10.6 Å². The summed E-state index contributed by atoms with van der Waals surface area (Å²) in [4.78, 5) is 39.7. The maximum absolute atomic E-state index is 13.0. The zero-order valence-electron chi connectivity index (χ0n) is 17.9. The van der Waals surface area contributed by atoms with Gasteiger partial charge in [-0.1, -0.05) is 46.7 Å². The van der Waals surface area contributed by atoms with Crippen molar-refractivity contribution in [2.75, 3.05) is 23.7 Å². The van der Waals surface area contributed by atoms with Crippen molar-refractivity contribution >= 4 is 52.0 Å². The fraction of sp³-hybridized carbons (Fsp3) is 0.261. The highest BCUT2D eigenvalue weighted by Crippen LogP contribution is 2.23. The molecule has 0 aliphatic carbocycles. The van der Waals surface area contributed by atoms with Crippen LogP contribution >= 0.6 is 22.9 Å². The van der Waals surface area contributed by atoms with Gasteiger partial charge in [-0.25, -0.2) is 0 Å². The van der Waals surface area contributed by atoms with E-state index in [1.54, 1.807) is 29.2 Å². The number of carbonyl (C=O) groups is 3. The minimum Gasteiger partial charge on any atom is -0.336 e. The highest BCUT2D eigenvalue weighted by Gasteiger charge is 2.31. The van der Waals surface area contributed by atoms with Gasteiger partial charge in [0.15, 0.2) is 0 Å². The number of nitrogens with one attached hydrogen (secondary N) is 2. The SMILES string of the molecule is Cc1ccc(NC(=O)C2CCCN(C(=O)c3nnc(C(=O)Nc4cccc(Cl)c4)s3)C2)cc1. The quantitative estimate of drug-likeness (QED) is 0.564. The predicted molar refractivity (Wildman–Crippen MR) is 128 cm³/mol. The van der Waals surface area contributed by atoms with Crippen molar-refractivity contribution in [1.29, 1.82) is 0 Å². The van der Waals surface area contributed by atoms with Gasteiger partial charge in [0, 0.05) is 29.5 Å². The largest absolute Gasteiger partial charge is 0.336 e. The second kappa shape index (κ2) is 10.1. The summed E-state index contributed by atoms with van der Waals surface area (Å²) < 4.78 is 0. The molecule has 3 aromatic rings. The Balaban J connectivity index is 1.37. The highest BCUT2D eigenvalue weighted by molar-refractivity contribution is 7.15. The number of anilines is 2. The van der Waals surface area contributed by atoms with Gasteiger partial charge in [0.1, 0.15) is 0 Å². The number of piperidine rings is 1. The zero-order chi connectivity index (χ0) is 23.4. The molecule has 1 fully saturated rings. The lowest BCUT2D eigenvalue weighted by Gasteiger charge is -2.31. The van der Waals surface area contributed by atoms with E-state index in [4.69, 9.17) is 11.6 Å². The molecule has 0 bridgehead atoms. The van der Waals surface area contributed by atoms with Crippen LogP contribution in [-0.4, -0.2) is 45.9 Å². The van der Waals surface area contributed by atoms with Crippen LogP contribution in [0.4, 0.5) is 11.4 Å². The van der Waals surface area contributed by atoms with Gasteiger partial charge in [-0.05, 0) is 50.1 Å². The van der Waals surface area contributed by atoms with E-state index in [0.29, 0.717) is 36.6 Å². The number of benzene rings is 2. The molecule has 1 atom stereocenters. The molecule has 0 spiro atoms. The van der Waals surface area contributed by atoms with Gasteiger partial charge in [0.05, 0.1) is 5.92 Å². The summed E-state index contributed by atoms with van der Waals surface area (Å²) >= 11 is 6.86. The van der Waals surface area contributed by atoms with Crippen molar-refractivity contribution in [1.82, 2.24) is 15.1 Å². The molecule has 1 saturated heterocycles. The minimum atomic E-state index is -0.470. The molecule has 1 aromatic heterocycles. The van der Waals surface area contributed by atoms with Crippen LogP contribution in [0.5, 0.6) is 0 Å². The smallest absolute Gasteiger partial charge is 0.286 e. The van der Waals surface area contributed by atoms with E-state index in [2.05, 4.69) is 20.8 Å². The molecule has 1 unspecified atom stereocenters. The molecule has 3 amide bonds. The Morgan fingerprint density at radius 3 is 2.55 bits per heavy atom. The number of carbonyl (C=O) groups excluding carboxylic acids is 3. The molecule has 2 heterocycles. The average Bonchev–Trinajstić information content (AvgIpc) is 3.31. The lowest BCUT2D eigenvalue weighted by molar-refractivity contribution is -0.121. The standard InChI is InChI=1S/C23H22ClN5O3S/c1-14-7-9-17(10-8-14)25-19(30)15-4-3-11-29(13-15)23(32)22-28-27-21(33-22)20(31)26-18-6-2-5-16(24)12-18/h2,5-10,12,15H,3-4,11,13H2,1H3,(H,25,30)(H,26,31). The van der Waals surface area contributed by atoms with E-state index in [1.165, 1.54) is 0 Å². The summed E-state index contributed by atoms with van der Waals surface area (Å²) in [5, 5.41) is 14.1. The maximum atomic E-state index is 13.0. The Labute approximate surface area is 200 Å². The third-order valence-corrected chi connectivity index (χ3v) is 6.43. The van der Waals surface area contributed by atoms with Crippen LogP contribution in [0.3, 0.4) is 0 Å². The second-order valence-electron chi connectivity index (χ2n) is 7.82. The number of aromatic nitrogens is 2. The van der Waals surface area contributed by atoms with Gasteiger partial charge in [-0.2, -0.15) is 0 Å². The number of likely N-dealkylation sites (tertiary alicyclic amines) is 1. The number of hydrogen-bond donors (Lipinski definition) is 2. The Bertz CT molecular complexity index is 1180. The third-order valence-electron chi connectivity index (χ3n) is 5.28. The van der Waals surface area contributed by atoms with E-state index in [1.807, 2.05) is 31.2 Å². The topological polar surface area (TPSA) is 104 Å². The van der Waals surface area contributed by atoms with Crippen molar-refractivity contribution in [2.45, 2.75) is 19.8 Å². The van der Waals surface area contributed by atoms with Gasteiger partial charge in [0.25, 0.3) is 11.8 Å². The molecule has 4 rings (SSSR count). The third kappa shape index (κ3) is 5.74. The number of rotatable bonds is 5. The number of amides is 3. The van der Waals surface area contributed by atoms with E-state index < -0.39 is 5.91 Å². The maximum Gasteiger partial charge on any atom is 0.286 e. The van der Waals surface area contributed by atoms with Crippen LogP contribution in [0, 0.1) is 12.8 Å². The average molecular weight is 484 g/mol. The first-order chi connectivity index (χ1) is 15.9. The summed E-state index contributed by atoms with van der Waals surface area (Å²) in [6.07, 6.45) is 1.41. The molecule has 1 aliphatic heterocycles. The van der Waals surface area contributed by atoms with Gasteiger partial charge in [-0.15, -0.1) is 10.2 Å². The Kier molecular flexibility index (Phi) is 7.00. The minimum absolute atomic E-state index is 0.0731. The Hall–Kier alpha value is -3.30. The van der Waals surface area contributed by atoms with Gasteiger partial charge < -0.3 is 15.5 Å². The normalized spacial score (nSPS) is 15.7. The van der Waals surface area contributed by atoms with Crippen molar-refractivity contribution in [3.05, 3.63) is 69.1 Å². The molecular formula is C23H22ClN5O3S. The van der Waals surface area contributed by atoms with Crippen molar-refractivity contribution in [3.63, 3.8) is 0 Å². The van der Waals surface area contributed by atoms with Crippen molar-refractivity contribution in [2.24, 2.45) is 5.92 Å². The van der Waals surface area contributed by atoms with Gasteiger partial charge >= 0.3 is 0 Å². The first-order valence-electron chi connectivity index (χ1n) is 10.5. The Morgan fingerprint density at radius 1 is 1.03 bits per heavy atom. The molecule has 1 aliphatic rings. The van der Waals surface area contributed by atoms with Crippen LogP contribution in [0.2, 0.25) is 5.02 Å². The summed E-state index contributed by atoms with van der Waals surface area (Å²) in [6, 6.07) is 14.3. The monoisotopic (exact) mass is 483 g/mol. The lowest BCUT2D eigenvalue weighted by Crippen LogP contribution is -2.43. The van der Waals surface area contributed by atoms with Crippen LogP contribution in [0.25, 0.3) is 0 Å². The summed E-state index contributed by atoms with van der Waals surface area (Å²) in [7, 11) is 0. The summed E-state index contributed by atoms with van der Waals surface area (Å²) in [6.45, 7) is 2.80. The Morgan fingerprint density at radius 2 is 1.79 bits per heavy atom. The van der Waals surface area contributed by atoms with Crippen molar-refractivity contribution in [3.8, 4) is 0 Å². The first kappa shape index (κ1) is 22.9. The lowest BCUT2D eigenvalue weighted by atomic mass is 9.97. The van der Waals surface area contributed by atoms with E-state index in [9.17, 15) is 14.4 Å². The molecule has 0 saturated carbocycles. The van der Waals surface area contributed by atoms with Crippen molar-refractivity contribution < 1.29 is 14.4 Å². The molecule has 2 N–H and O–H groups in total. The summed E-state index contributed by atoms with van der Waals surface area (Å²) in [5.41, 5.74) is 2.36. The number of aryl methyl sites for hydroxylation is 1. The van der Waals surface area contributed by atoms with Crippen LogP contribution in [0.15, 0.2) is 48.5 Å². The van der Waals surface area contributed by atoms with Gasteiger partial charge in [0.2, 0.25) is 15.9 Å². The molecule has 170 valence electrons. The highest BCUT2D eigenvalue weighted by atomic mass is 35.5. The van der Waals surface area contributed by atoms with E-state index >= 15 is 0 Å². The molecule has 0 radical (unpaired) electrons. The molecule has 8 nitrogen and oxygen atoms in total. The fourth-order valence-corrected chi connectivity index (χ4v) is 4.44. The number of hydrogen-bond acceptors (Lipinski definition) is 6. The molecule has 2 aromatic carbocycles. The van der Waals surface area contributed by atoms with Crippen LogP contribution in [0.1, 0.15) is 38.0 Å². The second-order valence-corrected chi connectivity index (χ2v) is 9.24. The number of nitrogens with zero attached hydrogens (tertiary/aromatic N) is 3. The molecule has 33 heavy (non-hydrogen) atoms. The molecular weight excluding hydrogens is 462 g/mol. The van der Waals surface area contributed by atoms with Crippen LogP contribution in [-0.2, 0) is 4.79 Å². The predicted octanol–water partition coefficient (Wildman–Crippen LogP) is 4.24. The molecule has 10 heteroatoms. The zero-order valence-corrected chi connectivity index (χ0v) is 19.4. The van der Waals surface area contributed by atoms with E-state index in [0.717, 1.165) is 22.6 Å². The summed E-state index contributed by atoms with van der Waals surface area (Å²) in [5.74, 6) is -1.23. The number of halogens is 1. The fourth-order valence-electron chi connectivity index (χ4n) is 3.54. The first-order valence-corrected chi connectivity index (χ1v) is 11.7. The van der Waals surface area contributed by atoms with Gasteiger partial charge in [-0.3, -0.25) is 14.4 Å².